The maximum Gasteiger partial charge on any atom is 0.411 e. The van der Waals surface area contributed by atoms with Gasteiger partial charge >= 0.3 is 6.09 Å². The number of nitrogens with one attached hydrogen (secondary N) is 1. The lowest BCUT2D eigenvalue weighted by Gasteiger charge is -2.16. The fourth-order valence-electron chi connectivity index (χ4n) is 3.85. The molecular weight excluding hydrogens is 426 g/mol. The second-order valence-corrected chi connectivity index (χ2v) is 8.76. The zero-order valence-corrected chi connectivity index (χ0v) is 17.5. The van der Waals surface area contributed by atoms with E-state index in [0.717, 1.165) is 22.3 Å². The minimum absolute atomic E-state index is 0.0262. The number of ether oxygens (including phenoxy) is 1. The molecule has 6 nitrogen and oxygen atoms in total. The fraction of sp³-hybridized carbons (Fsp3) is 0.136. The molecule has 3 aromatic rings. The van der Waals surface area contributed by atoms with Gasteiger partial charge in [0.25, 0.3) is 10.1 Å². The van der Waals surface area contributed by atoms with Crippen molar-refractivity contribution in [2.45, 2.75) is 17.7 Å². The molecule has 1 amide bonds. The number of carbonyl (C=O) groups excluding carboxylic acids is 1. The van der Waals surface area contributed by atoms with Gasteiger partial charge in [-0.25, -0.2) is 4.79 Å². The zero-order valence-electron chi connectivity index (χ0n) is 15.9. The van der Waals surface area contributed by atoms with E-state index in [1.54, 1.807) is 0 Å². The SMILES string of the molecule is Cc1ccc(Cl)c(NC(=O)OCC2c3ccccc3-c3ccccc32)c1S(=O)(=O)O. The zero-order chi connectivity index (χ0) is 21.5. The van der Waals surface area contributed by atoms with Gasteiger partial charge in [-0.1, -0.05) is 66.2 Å². The molecule has 0 atom stereocenters. The molecule has 30 heavy (non-hydrogen) atoms. The van der Waals surface area contributed by atoms with E-state index >= 15 is 0 Å². The average molecular weight is 444 g/mol. The van der Waals surface area contributed by atoms with Crippen LogP contribution in [0.4, 0.5) is 10.5 Å². The number of rotatable bonds is 4. The van der Waals surface area contributed by atoms with Crippen molar-refractivity contribution in [1.82, 2.24) is 0 Å². The van der Waals surface area contributed by atoms with Crippen LogP contribution in [0.5, 0.6) is 0 Å². The molecule has 0 unspecified atom stereocenters. The average Bonchev–Trinajstić information content (AvgIpc) is 3.02. The molecule has 0 radical (unpaired) electrons. The second kappa shape index (κ2) is 7.75. The van der Waals surface area contributed by atoms with E-state index in [1.165, 1.54) is 19.1 Å². The molecule has 0 fully saturated rings. The van der Waals surface area contributed by atoms with Crippen LogP contribution in [0.25, 0.3) is 11.1 Å². The highest BCUT2D eigenvalue weighted by Gasteiger charge is 2.29. The molecule has 2 N–H and O–H groups in total. The second-order valence-electron chi connectivity index (χ2n) is 6.99. The molecule has 154 valence electrons. The molecule has 0 aromatic heterocycles. The topological polar surface area (TPSA) is 92.7 Å². The third kappa shape index (κ3) is 3.67. The van der Waals surface area contributed by atoms with Gasteiger partial charge < -0.3 is 4.74 Å². The molecule has 1 aliphatic carbocycles. The molecule has 8 heteroatoms. The Balaban J connectivity index is 1.57. The number of fused-ring (bicyclic) bond motifs is 3. The summed E-state index contributed by atoms with van der Waals surface area (Å²) < 4.78 is 38.5. The van der Waals surface area contributed by atoms with Gasteiger partial charge in [0.05, 0.1) is 10.7 Å². The first-order valence-corrected chi connectivity index (χ1v) is 11.0. The number of halogens is 1. The van der Waals surface area contributed by atoms with Crippen molar-refractivity contribution in [2.75, 3.05) is 11.9 Å². The molecule has 0 saturated carbocycles. The van der Waals surface area contributed by atoms with Crippen LogP contribution in [0.15, 0.2) is 65.6 Å². The Morgan fingerprint density at radius 1 is 1.03 bits per heavy atom. The predicted molar refractivity (Wildman–Crippen MR) is 115 cm³/mol. The normalized spacial score (nSPS) is 12.9. The van der Waals surface area contributed by atoms with Crippen molar-refractivity contribution in [3.8, 4) is 11.1 Å². The first-order chi connectivity index (χ1) is 14.3. The van der Waals surface area contributed by atoms with Gasteiger partial charge in [0.1, 0.15) is 11.5 Å². The third-order valence-electron chi connectivity index (χ3n) is 5.13. The largest absolute Gasteiger partial charge is 0.448 e. The summed E-state index contributed by atoms with van der Waals surface area (Å²) in [5.74, 6) is -0.142. The summed E-state index contributed by atoms with van der Waals surface area (Å²) in [5, 5.41) is 2.34. The maximum absolute atomic E-state index is 12.5. The molecule has 1 aliphatic rings. The van der Waals surface area contributed by atoms with E-state index in [0.29, 0.717) is 0 Å². The van der Waals surface area contributed by atoms with Crippen molar-refractivity contribution in [3.05, 3.63) is 82.4 Å². The lowest BCUT2D eigenvalue weighted by Crippen LogP contribution is -2.20. The van der Waals surface area contributed by atoms with Gasteiger partial charge in [-0.05, 0) is 40.8 Å². The molecule has 0 spiro atoms. The molecule has 0 heterocycles. The van der Waals surface area contributed by atoms with Crippen molar-refractivity contribution < 1.29 is 22.5 Å². The van der Waals surface area contributed by atoms with Crippen LogP contribution in [0.1, 0.15) is 22.6 Å². The first kappa shape index (κ1) is 20.4. The summed E-state index contributed by atoms with van der Waals surface area (Å²) in [5.41, 5.74) is 4.33. The Kier molecular flexibility index (Phi) is 5.27. The number of amides is 1. The Morgan fingerprint density at radius 3 is 2.17 bits per heavy atom. The van der Waals surface area contributed by atoms with E-state index in [4.69, 9.17) is 16.3 Å². The van der Waals surface area contributed by atoms with E-state index < -0.39 is 21.1 Å². The van der Waals surface area contributed by atoms with E-state index in [9.17, 15) is 17.8 Å². The van der Waals surface area contributed by atoms with Crippen LogP contribution in [-0.2, 0) is 14.9 Å². The van der Waals surface area contributed by atoms with Crippen molar-refractivity contribution in [2.24, 2.45) is 0 Å². The summed E-state index contributed by atoms with van der Waals surface area (Å²) in [7, 11) is -4.60. The molecule has 0 bridgehead atoms. The monoisotopic (exact) mass is 443 g/mol. The lowest BCUT2D eigenvalue weighted by atomic mass is 9.98. The standard InChI is InChI=1S/C22H18ClNO5S/c1-13-10-11-19(23)20(21(13)30(26,27)28)24-22(25)29-12-18-16-8-4-2-6-14(16)15-7-3-5-9-17(15)18/h2-11,18H,12H2,1H3,(H,24,25)(H,26,27,28). The Labute approximate surface area is 179 Å². The van der Waals surface area contributed by atoms with Crippen molar-refractivity contribution >= 4 is 33.5 Å². The summed E-state index contributed by atoms with van der Waals surface area (Å²) in [4.78, 5) is 12.0. The molecule has 0 saturated heterocycles. The Morgan fingerprint density at radius 2 is 1.60 bits per heavy atom. The predicted octanol–water partition coefficient (Wildman–Crippen LogP) is 5.26. The smallest absolute Gasteiger partial charge is 0.411 e. The number of carbonyl (C=O) groups is 1. The highest BCUT2D eigenvalue weighted by Crippen LogP contribution is 2.44. The van der Waals surface area contributed by atoms with Gasteiger partial charge in [-0.3, -0.25) is 9.87 Å². The first-order valence-electron chi connectivity index (χ1n) is 9.16. The molecule has 0 aliphatic heterocycles. The van der Waals surface area contributed by atoms with Gasteiger partial charge in [-0.15, -0.1) is 0 Å². The third-order valence-corrected chi connectivity index (χ3v) is 6.49. The van der Waals surface area contributed by atoms with Crippen LogP contribution in [0.3, 0.4) is 0 Å². The van der Waals surface area contributed by atoms with Crippen molar-refractivity contribution in [3.63, 3.8) is 0 Å². The number of aryl methyl sites for hydroxylation is 1. The van der Waals surface area contributed by atoms with Gasteiger partial charge in [0.15, 0.2) is 0 Å². The highest BCUT2D eigenvalue weighted by atomic mass is 35.5. The van der Waals surface area contributed by atoms with Crippen LogP contribution in [-0.4, -0.2) is 25.7 Å². The minimum Gasteiger partial charge on any atom is -0.448 e. The van der Waals surface area contributed by atoms with Gasteiger partial charge in [0.2, 0.25) is 0 Å². The maximum atomic E-state index is 12.5. The van der Waals surface area contributed by atoms with Crippen molar-refractivity contribution in [1.29, 1.82) is 0 Å². The van der Waals surface area contributed by atoms with Crippen LogP contribution in [0.2, 0.25) is 5.02 Å². The van der Waals surface area contributed by atoms with Gasteiger partial charge in [0, 0.05) is 5.92 Å². The minimum atomic E-state index is -4.60. The molecule has 4 rings (SSSR count). The molecular formula is C22H18ClNO5S. The van der Waals surface area contributed by atoms with Crippen LogP contribution in [0, 0.1) is 6.92 Å². The van der Waals surface area contributed by atoms with E-state index in [1.807, 2.05) is 48.5 Å². The summed E-state index contributed by atoms with van der Waals surface area (Å²) in [6, 6.07) is 18.7. The highest BCUT2D eigenvalue weighted by molar-refractivity contribution is 7.86. The molecule has 3 aromatic carbocycles. The van der Waals surface area contributed by atoms with E-state index in [-0.39, 0.29) is 28.8 Å². The number of hydrogen-bond acceptors (Lipinski definition) is 4. The Bertz CT molecular complexity index is 1210. The quantitative estimate of drug-likeness (QED) is 0.537. The van der Waals surface area contributed by atoms with Crippen LogP contribution >= 0.6 is 11.6 Å². The Hall–Kier alpha value is -2.87. The number of anilines is 1. The lowest BCUT2D eigenvalue weighted by molar-refractivity contribution is 0.158. The fourth-order valence-corrected chi connectivity index (χ4v) is 5.00. The summed E-state index contributed by atoms with van der Waals surface area (Å²) >= 11 is 6.07. The summed E-state index contributed by atoms with van der Waals surface area (Å²) in [6.45, 7) is 1.55. The number of benzene rings is 3. The van der Waals surface area contributed by atoms with Gasteiger partial charge in [-0.2, -0.15) is 8.42 Å². The summed E-state index contributed by atoms with van der Waals surface area (Å²) in [6.07, 6.45) is -0.866. The number of hydrogen-bond donors (Lipinski definition) is 2. The van der Waals surface area contributed by atoms with Crippen LogP contribution < -0.4 is 5.32 Å². The van der Waals surface area contributed by atoms with E-state index in [2.05, 4.69) is 5.32 Å².